The van der Waals surface area contributed by atoms with Gasteiger partial charge in [-0.1, -0.05) is 0 Å². The van der Waals surface area contributed by atoms with E-state index in [9.17, 15) is 13.2 Å². The number of methoxy groups -OCH3 is 1. The van der Waals surface area contributed by atoms with Crippen LogP contribution >= 0.6 is 0 Å². The Morgan fingerprint density at radius 1 is 1.43 bits per heavy atom. The minimum absolute atomic E-state index is 0.0912. The van der Waals surface area contributed by atoms with Crippen molar-refractivity contribution in [3.05, 3.63) is 35.8 Å². The molecule has 0 fully saturated rings. The summed E-state index contributed by atoms with van der Waals surface area (Å²) in [5.41, 5.74) is 5.45. The van der Waals surface area contributed by atoms with Gasteiger partial charge < -0.3 is 15.5 Å². The number of aromatic nitrogens is 2. The van der Waals surface area contributed by atoms with Gasteiger partial charge in [0.05, 0.1) is 19.0 Å². The van der Waals surface area contributed by atoms with Crippen LogP contribution in [0, 0.1) is 6.92 Å². The first-order chi connectivity index (χ1) is 9.83. The van der Waals surface area contributed by atoms with Gasteiger partial charge in [-0.15, -0.1) is 0 Å². The van der Waals surface area contributed by atoms with Crippen molar-refractivity contribution in [2.24, 2.45) is 5.73 Å². The molecule has 0 aliphatic rings. The van der Waals surface area contributed by atoms with E-state index in [0.717, 1.165) is 0 Å². The average Bonchev–Trinajstić information content (AvgIpc) is 2.85. The molecule has 0 atom stereocenters. The summed E-state index contributed by atoms with van der Waals surface area (Å²) in [6, 6.07) is 4.21. The molecule has 0 saturated carbocycles. The summed E-state index contributed by atoms with van der Waals surface area (Å²) < 4.78 is 31.8. The van der Waals surface area contributed by atoms with Crippen molar-refractivity contribution in [1.82, 2.24) is 9.97 Å². The number of anilines is 1. The predicted molar refractivity (Wildman–Crippen MR) is 75.6 cm³/mol. The van der Waals surface area contributed by atoms with E-state index in [1.54, 1.807) is 6.92 Å². The number of hydrogen-bond donors (Lipinski definition) is 3. The van der Waals surface area contributed by atoms with Crippen LogP contribution in [0.4, 0.5) is 5.69 Å². The Labute approximate surface area is 121 Å². The molecule has 0 bridgehead atoms. The minimum Gasteiger partial charge on any atom is -0.495 e. The van der Waals surface area contributed by atoms with E-state index in [0.29, 0.717) is 5.82 Å². The zero-order valence-corrected chi connectivity index (χ0v) is 12.2. The van der Waals surface area contributed by atoms with E-state index >= 15 is 0 Å². The maximum atomic E-state index is 12.2. The number of sulfonamides is 1. The first-order valence-electron chi connectivity index (χ1n) is 5.86. The standard InChI is InChI=1S/C12H14N4O4S/c1-7-14-6-11(15-7)21(18,19)16-9-5-8(12(13)17)3-4-10(9)20-2/h3-6,16H,1-2H3,(H2,13,17)(H,14,15). The number of H-pyrrole nitrogens is 1. The maximum absolute atomic E-state index is 12.2. The molecular weight excluding hydrogens is 296 g/mol. The van der Waals surface area contributed by atoms with E-state index in [4.69, 9.17) is 10.5 Å². The molecule has 2 rings (SSSR count). The predicted octanol–water partition coefficient (Wildman–Crippen LogP) is 0.626. The fourth-order valence-corrected chi connectivity index (χ4v) is 2.71. The molecule has 2 aromatic rings. The Balaban J connectivity index is 2.42. The van der Waals surface area contributed by atoms with Gasteiger partial charge in [0, 0.05) is 5.56 Å². The van der Waals surface area contributed by atoms with E-state index < -0.39 is 15.9 Å². The van der Waals surface area contributed by atoms with Crippen LogP contribution in [0.3, 0.4) is 0 Å². The third-order valence-corrected chi connectivity index (χ3v) is 3.97. The quantitative estimate of drug-likeness (QED) is 0.746. The number of benzene rings is 1. The summed E-state index contributed by atoms with van der Waals surface area (Å²) in [5, 5.41) is -0.0912. The van der Waals surface area contributed by atoms with Crippen molar-refractivity contribution in [2.75, 3.05) is 11.8 Å². The average molecular weight is 310 g/mol. The van der Waals surface area contributed by atoms with Crippen LogP contribution in [0.25, 0.3) is 0 Å². The van der Waals surface area contributed by atoms with Crippen molar-refractivity contribution in [2.45, 2.75) is 11.9 Å². The van der Waals surface area contributed by atoms with Gasteiger partial charge in [0.2, 0.25) is 5.91 Å². The number of nitrogens with one attached hydrogen (secondary N) is 2. The Morgan fingerprint density at radius 2 is 2.14 bits per heavy atom. The number of aromatic amines is 1. The van der Waals surface area contributed by atoms with E-state index in [2.05, 4.69) is 14.7 Å². The zero-order valence-electron chi connectivity index (χ0n) is 11.4. The van der Waals surface area contributed by atoms with E-state index in [1.165, 1.54) is 31.5 Å². The van der Waals surface area contributed by atoms with Gasteiger partial charge in [-0.2, -0.15) is 8.42 Å². The first kappa shape index (κ1) is 14.9. The third kappa shape index (κ3) is 3.14. The molecule has 1 aromatic carbocycles. The topological polar surface area (TPSA) is 127 Å². The van der Waals surface area contributed by atoms with Gasteiger partial charge in [-0.25, -0.2) is 4.98 Å². The lowest BCUT2D eigenvalue weighted by Crippen LogP contribution is -2.16. The summed E-state index contributed by atoms with van der Waals surface area (Å²) in [6.07, 6.45) is 1.20. The summed E-state index contributed by atoms with van der Waals surface area (Å²) >= 11 is 0. The molecule has 0 radical (unpaired) electrons. The summed E-state index contributed by atoms with van der Waals surface area (Å²) in [5.74, 6) is 0.0588. The van der Waals surface area contributed by atoms with Crippen molar-refractivity contribution in [3.63, 3.8) is 0 Å². The molecule has 0 aliphatic heterocycles. The number of imidazole rings is 1. The highest BCUT2D eigenvalue weighted by Gasteiger charge is 2.19. The largest absolute Gasteiger partial charge is 0.495 e. The number of aryl methyl sites for hydroxylation is 1. The van der Waals surface area contributed by atoms with Crippen LogP contribution in [-0.2, 0) is 10.0 Å². The van der Waals surface area contributed by atoms with Crippen LogP contribution < -0.4 is 15.2 Å². The molecular formula is C12H14N4O4S. The number of amides is 1. The van der Waals surface area contributed by atoms with Crippen LogP contribution in [0.2, 0.25) is 0 Å². The lowest BCUT2D eigenvalue weighted by molar-refractivity contribution is 0.100. The van der Waals surface area contributed by atoms with Crippen LogP contribution in [0.15, 0.2) is 29.4 Å². The number of primary amides is 1. The molecule has 8 nitrogen and oxygen atoms in total. The highest BCUT2D eigenvalue weighted by Crippen LogP contribution is 2.27. The molecule has 1 aromatic heterocycles. The molecule has 0 saturated heterocycles. The molecule has 21 heavy (non-hydrogen) atoms. The second-order valence-electron chi connectivity index (χ2n) is 4.22. The molecule has 0 spiro atoms. The van der Waals surface area contributed by atoms with Gasteiger partial charge >= 0.3 is 0 Å². The first-order valence-corrected chi connectivity index (χ1v) is 7.34. The second-order valence-corrected chi connectivity index (χ2v) is 5.87. The molecule has 0 unspecified atom stereocenters. The monoisotopic (exact) mass is 310 g/mol. The molecule has 112 valence electrons. The molecule has 1 amide bonds. The van der Waals surface area contributed by atoms with Crippen LogP contribution in [-0.4, -0.2) is 31.4 Å². The van der Waals surface area contributed by atoms with Crippen LogP contribution in [0.5, 0.6) is 5.75 Å². The lowest BCUT2D eigenvalue weighted by Gasteiger charge is -2.11. The normalized spacial score (nSPS) is 11.1. The summed E-state index contributed by atoms with van der Waals surface area (Å²) in [4.78, 5) is 17.6. The van der Waals surface area contributed by atoms with E-state index in [1.807, 2.05) is 0 Å². The molecule has 0 aliphatic carbocycles. The van der Waals surface area contributed by atoms with Crippen molar-refractivity contribution in [3.8, 4) is 5.75 Å². The van der Waals surface area contributed by atoms with Gasteiger partial charge in [0.1, 0.15) is 11.6 Å². The number of nitrogens with zero attached hydrogens (tertiary/aromatic N) is 1. The van der Waals surface area contributed by atoms with Gasteiger partial charge in [-0.3, -0.25) is 9.52 Å². The SMILES string of the molecule is COc1ccc(C(N)=O)cc1NS(=O)(=O)c1cnc(C)[nH]1. The van der Waals surface area contributed by atoms with Crippen LogP contribution in [0.1, 0.15) is 16.2 Å². The second kappa shape index (κ2) is 5.44. The van der Waals surface area contributed by atoms with E-state index in [-0.39, 0.29) is 22.0 Å². The Morgan fingerprint density at radius 3 is 2.67 bits per heavy atom. The number of hydrogen-bond acceptors (Lipinski definition) is 5. The maximum Gasteiger partial charge on any atom is 0.279 e. The number of carbonyl (C=O) groups excluding carboxylic acids is 1. The number of nitrogens with two attached hydrogens (primary N) is 1. The van der Waals surface area contributed by atoms with Crippen molar-refractivity contribution >= 4 is 21.6 Å². The lowest BCUT2D eigenvalue weighted by atomic mass is 10.2. The molecule has 9 heteroatoms. The highest BCUT2D eigenvalue weighted by atomic mass is 32.2. The smallest absolute Gasteiger partial charge is 0.279 e. The number of carbonyl (C=O) groups is 1. The van der Waals surface area contributed by atoms with Crippen molar-refractivity contribution in [1.29, 1.82) is 0 Å². The molecule has 1 heterocycles. The Kier molecular flexibility index (Phi) is 3.85. The van der Waals surface area contributed by atoms with Gasteiger partial charge in [-0.05, 0) is 25.1 Å². The van der Waals surface area contributed by atoms with Crippen molar-refractivity contribution < 1.29 is 17.9 Å². The Bertz CT molecular complexity index is 782. The minimum atomic E-state index is -3.87. The van der Waals surface area contributed by atoms with Gasteiger partial charge in [0.25, 0.3) is 10.0 Å². The third-order valence-electron chi connectivity index (χ3n) is 2.70. The molecule has 4 N–H and O–H groups in total. The number of ether oxygens (including phenoxy) is 1. The van der Waals surface area contributed by atoms with Gasteiger partial charge in [0.15, 0.2) is 5.03 Å². The Hall–Kier alpha value is -2.55. The summed E-state index contributed by atoms with van der Waals surface area (Å²) in [6.45, 7) is 1.63. The number of rotatable bonds is 5. The zero-order chi connectivity index (χ0) is 15.6. The highest BCUT2D eigenvalue weighted by molar-refractivity contribution is 7.92. The fraction of sp³-hybridized carbons (Fsp3) is 0.167. The fourth-order valence-electron chi connectivity index (χ4n) is 1.68. The summed E-state index contributed by atoms with van der Waals surface area (Å²) in [7, 11) is -2.48.